The number of rotatable bonds is 10. The molecule has 7 nitrogen and oxygen atoms in total. The summed E-state index contributed by atoms with van der Waals surface area (Å²) < 4.78 is 12.2. The zero-order chi connectivity index (χ0) is 22.2. The predicted molar refractivity (Wildman–Crippen MR) is 116 cm³/mol. The van der Waals surface area contributed by atoms with Crippen LogP contribution in [0.2, 0.25) is 0 Å². The van der Waals surface area contributed by atoms with E-state index in [9.17, 15) is 9.59 Å². The molecule has 0 unspecified atom stereocenters. The number of carbonyl (C=O) groups excluding carboxylic acids is 1. The summed E-state index contributed by atoms with van der Waals surface area (Å²) in [4.78, 5) is 27.8. The molecule has 1 aromatic heterocycles. The maximum Gasteiger partial charge on any atom is 0.332 e. The Morgan fingerprint density at radius 1 is 1.13 bits per heavy atom. The van der Waals surface area contributed by atoms with E-state index in [-0.39, 0.29) is 12.4 Å². The number of aliphatic carboxylic acids is 1. The van der Waals surface area contributed by atoms with E-state index in [0.717, 1.165) is 11.1 Å². The fourth-order valence-electron chi connectivity index (χ4n) is 2.86. The Labute approximate surface area is 180 Å². The van der Waals surface area contributed by atoms with Crippen molar-refractivity contribution in [1.29, 1.82) is 0 Å². The molecule has 0 amide bonds. The summed E-state index contributed by atoms with van der Waals surface area (Å²) in [6, 6.07) is 14.6. The van der Waals surface area contributed by atoms with Crippen molar-refractivity contribution in [2.75, 3.05) is 7.11 Å². The highest BCUT2D eigenvalue weighted by atomic mass is 16.5. The van der Waals surface area contributed by atoms with Crippen LogP contribution < -0.4 is 4.74 Å². The van der Waals surface area contributed by atoms with Gasteiger partial charge in [-0.3, -0.25) is 4.79 Å². The van der Waals surface area contributed by atoms with Gasteiger partial charge < -0.3 is 19.1 Å². The van der Waals surface area contributed by atoms with E-state index in [1.165, 1.54) is 6.92 Å². The van der Waals surface area contributed by atoms with Gasteiger partial charge in [0.25, 0.3) is 0 Å². The molecule has 7 heteroatoms. The van der Waals surface area contributed by atoms with Gasteiger partial charge in [0.15, 0.2) is 11.9 Å². The first-order valence-corrected chi connectivity index (χ1v) is 9.77. The van der Waals surface area contributed by atoms with Crippen molar-refractivity contribution >= 4 is 17.8 Å². The van der Waals surface area contributed by atoms with Gasteiger partial charge in [-0.15, -0.1) is 0 Å². The average Bonchev–Trinajstić information content (AvgIpc) is 3.26. The standard InChI is InChI=1S/C24H24N2O5/c1-17(24(28)29)31-16-19-7-5-18(6-8-19)4-3-14-26-15-13-25-23(26)22(27)20-9-11-21(30-2)12-10-20/h3-13,15,17H,14,16H2,1-2H3,(H,28,29)/t17-/m1/s1. The van der Waals surface area contributed by atoms with Gasteiger partial charge in [-0.25, -0.2) is 9.78 Å². The number of nitrogens with zero attached hydrogens (tertiary/aromatic N) is 2. The quantitative estimate of drug-likeness (QED) is 0.502. The molecular weight excluding hydrogens is 396 g/mol. The fourth-order valence-corrected chi connectivity index (χ4v) is 2.86. The van der Waals surface area contributed by atoms with E-state index in [4.69, 9.17) is 14.6 Å². The van der Waals surface area contributed by atoms with Gasteiger partial charge in [-0.05, 0) is 42.3 Å². The van der Waals surface area contributed by atoms with E-state index in [0.29, 0.717) is 23.7 Å². The first kappa shape index (κ1) is 22.0. The van der Waals surface area contributed by atoms with Gasteiger partial charge in [-0.2, -0.15) is 0 Å². The second-order valence-corrected chi connectivity index (χ2v) is 6.90. The molecule has 0 fully saturated rings. The van der Waals surface area contributed by atoms with E-state index < -0.39 is 12.1 Å². The lowest BCUT2D eigenvalue weighted by Gasteiger charge is -2.08. The van der Waals surface area contributed by atoms with Crippen LogP contribution in [0.3, 0.4) is 0 Å². The van der Waals surface area contributed by atoms with Crippen LogP contribution in [-0.4, -0.2) is 39.6 Å². The number of allylic oxidation sites excluding steroid dienone is 1. The third-order valence-electron chi connectivity index (χ3n) is 4.71. The summed E-state index contributed by atoms with van der Waals surface area (Å²) >= 11 is 0. The summed E-state index contributed by atoms with van der Waals surface area (Å²) in [7, 11) is 1.58. The highest BCUT2D eigenvalue weighted by Crippen LogP contribution is 2.15. The van der Waals surface area contributed by atoms with Gasteiger partial charge in [0, 0.05) is 24.5 Å². The molecule has 1 heterocycles. The van der Waals surface area contributed by atoms with Crippen LogP contribution in [0.5, 0.6) is 5.75 Å². The number of carboxylic acids is 1. The minimum Gasteiger partial charge on any atom is -0.497 e. The Balaban J connectivity index is 1.60. The molecule has 0 bridgehead atoms. The molecule has 31 heavy (non-hydrogen) atoms. The van der Waals surface area contributed by atoms with Crippen LogP contribution in [0.15, 0.2) is 67.0 Å². The minimum atomic E-state index is -0.983. The molecule has 0 radical (unpaired) electrons. The normalized spacial score (nSPS) is 12.1. The highest BCUT2D eigenvalue weighted by Gasteiger charge is 2.14. The summed E-state index contributed by atoms with van der Waals surface area (Å²) in [6.07, 6.45) is 6.43. The second kappa shape index (κ2) is 10.4. The van der Waals surface area contributed by atoms with Crippen molar-refractivity contribution in [3.63, 3.8) is 0 Å². The second-order valence-electron chi connectivity index (χ2n) is 6.90. The van der Waals surface area contributed by atoms with E-state index in [1.54, 1.807) is 48.3 Å². The van der Waals surface area contributed by atoms with Gasteiger partial charge in [-0.1, -0.05) is 36.4 Å². The van der Waals surface area contributed by atoms with Crippen LogP contribution in [0, 0.1) is 0 Å². The Bertz CT molecular complexity index is 1050. The van der Waals surface area contributed by atoms with Crippen molar-refractivity contribution in [2.24, 2.45) is 0 Å². The van der Waals surface area contributed by atoms with E-state index in [1.807, 2.05) is 36.4 Å². The molecule has 3 aromatic rings. The van der Waals surface area contributed by atoms with Crippen LogP contribution in [0.1, 0.15) is 34.2 Å². The Hall–Kier alpha value is -3.71. The third kappa shape index (κ3) is 5.90. The van der Waals surface area contributed by atoms with Crippen LogP contribution in [-0.2, 0) is 22.7 Å². The summed E-state index contributed by atoms with van der Waals surface area (Å²) in [5.74, 6) is -0.0726. The van der Waals surface area contributed by atoms with Crippen molar-refractivity contribution in [1.82, 2.24) is 9.55 Å². The number of ketones is 1. The first-order valence-electron chi connectivity index (χ1n) is 9.77. The topological polar surface area (TPSA) is 90.6 Å². The lowest BCUT2D eigenvalue weighted by atomic mass is 10.1. The molecule has 0 aliphatic carbocycles. The molecule has 1 atom stereocenters. The molecule has 0 aliphatic rings. The summed E-state index contributed by atoms with van der Waals surface area (Å²) in [6.45, 7) is 2.24. The van der Waals surface area contributed by atoms with Crippen LogP contribution in [0.25, 0.3) is 6.08 Å². The number of methoxy groups -OCH3 is 1. The molecule has 160 valence electrons. The zero-order valence-corrected chi connectivity index (χ0v) is 17.4. The third-order valence-corrected chi connectivity index (χ3v) is 4.71. The molecular formula is C24H24N2O5. The molecule has 0 spiro atoms. The van der Waals surface area contributed by atoms with Gasteiger partial charge in [0.05, 0.1) is 13.7 Å². The molecule has 0 aliphatic heterocycles. The maximum atomic E-state index is 12.8. The molecule has 3 rings (SSSR count). The largest absolute Gasteiger partial charge is 0.497 e. The number of benzene rings is 2. The van der Waals surface area contributed by atoms with E-state index >= 15 is 0 Å². The first-order chi connectivity index (χ1) is 15.0. The minimum absolute atomic E-state index is 0.152. The average molecular weight is 420 g/mol. The highest BCUT2D eigenvalue weighted by molar-refractivity contribution is 6.06. The Morgan fingerprint density at radius 3 is 2.48 bits per heavy atom. The van der Waals surface area contributed by atoms with Crippen molar-refractivity contribution in [2.45, 2.75) is 26.2 Å². The molecule has 1 N–H and O–H groups in total. The number of ether oxygens (including phenoxy) is 2. The van der Waals surface area contributed by atoms with Crippen molar-refractivity contribution < 1.29 is 24.2 Å². The molecule has 0 saturated heterocycles. The maximum absolute atomic E-state index is 12.8. The fraction of sp³-hybridized carbons (Fsp3) is 0.208. The lowest BCUT2D eigenvalue weighted by molar-refractivity contribution is -0.149. The summed E-state index contributed by atoms with van der Waals surface area (Å²) in [5.41, 5.74) is 2.43. The number of aromatic nitrogens is 2. The van der Waals surface area contributed by atoms with E-state index in [2.05, 4.69) is 4.98 Å². The monoisotopic (exact) mass is 420 g/mol. The van der Waals surface area contributed by atoms with Gasteiger partial charge in [0.2, 0.25) is 5.78 Å². The Morgan fingerprint density at radius 2 is 1.84 bits per heavy atom. The summed E-state index contributed by atoms with van der Waals surface area (Å²) in [5, 5.41) is 8.85. The van der Waals surface area contributed by atoms with Crippen LogP contribution in [0.4, 0.5) is 0 Å². The molecule has 2 aromatic carbocycles. The Kier molecular flexibility index (Phi) is 7.35. The van der Waals surface area contributed by atoms with Crippen molar-refractivity contribution in [3.05, 3.63) is 89.5 Å². The zero-order valence-electron chi connectivity index (χ0n) is 17.4. The SMILES string of the molecule is COc1ccc(C(=O)c2nccn2CC=Cc2ccc(CO[C@H](C)C(=O)O)cc2)cc1. The number of imidazole rings is 1. The molecule has 0 saturated carbocycles. The number of hydrogen-bond acceptors (Lipinski definition) is 5. The lowest BCUT2D eigenvalue weighted by Crippen LogP contribution is -2.19. The van der Waals surface area contributed by atoms with Crippen LogP contribution >= 0.6 is 0 Å². The smallest absolute Gasteiger partial charge is 0.332 e. The number of carboxylic acid groups (broad SMARTS) is 1. The number of carbonyl (C=O) groups is 2. The van der Waals surface area contributed by atoms with Crippen molar-refractivity contribution in [3.8, 4) is 5.75 Å². The van der Waals surface area contributed by atoms with Gasteiger partial charge in [0.1, 0.15) is 5.75 Å². The number of hydrogen-bond donors (Lipinski definition) is 1. The van der Waals surface area contributed by atoms with Gasteiger partial charge >= 0.3 is 5.97 Å². The predicted octanol–water partition coefficient (Wildman–Crippen LogP) is 3.83.